The summed E-state index contributed by atoms with van der Waals surface area (Å²) in [5, 5.41) is 5.67. The van der Waals surface area contributed by atoms with Gasteiger partial charge in [-0.3, -0.25) is 10.3 Å². The number of nitrogens with zero attached hydrogens (tertiary/aromatic N) is 2. The van der Waals surface area contributed by atoms with Crippen LogP contribution in [0.25, 0.3) is 21.8 Å². The number of unbranched alkanes of at least 4 members (excludes halogenated alkanes) is 1. The summed E-state index contributed by atoms with van der Waals surface area (Å²) in [4.78, 5) is 20.6. The third kappa shape index (κ3) is 4.64. The van der Waals surface area contributed by atoms with Crippen LogP contribution in [0.1, 0.15) is 19.8 Å². The van der Waals surface area contributed by atoms with Crippen molar-refractivity contribution in [3.05, 3.63) is 54.2 Å². The van der Waals surface area contributed by atoms with E-state index in [1.807, 2.05) is 41.8 Å². The van der Waals surface area contributed by atoms with Crippen molar-refractivity contribution < 1.29 is 9.53 Å². The minimum absolute atomic E-state index is 0.431. The monoisotopic (exact) mass is 353 g/mol. The summed E-state index contributed by atoms with van der Waals surface area (Å²) in [6.07, 6.45) is 4.97. The lowest BCUT2D eigenvalue weighted by molar-refractivity contribution is 0.160. The Morgan fingerprint density at radius 2 is 2.12 bits per heavy atom. The summed E-state index contributed by atoms with van der Waals surface area (Å²) in [5.41, 5.74) is 3.49. The van der Waals surface area contributed by atoms with Crippen LogP contribution in [0.4, 0.5) is 10.5 Å². The molecule has 0 unspecified atom stereocenters. The van der Waals surface area contributed by atoms with Crippen molar-refractivity contribution in [3.63, 3.8) is 0 Å². The van der Waals surface area contributed by atoms with E-state index in [0.717, 1.165) is 34.7 Å². The largest absolute Gasteiger partial charge is 0.449 e. The number of pyridine rings is 1. The van der Waals surface area contributed by atoms with E-state index in [-0.39, 0.29) is 0 Å². The Morgan fingerprint density at radius 1 is 1.24 bits per heavy atom. The standard InChI is InChI=1S/C19H19N3O2S/c1-2-3-10-24-19(23)21-16-8-4-6-14(11-16)17-13-25-18(22-17)15-7-5-9-20-12-15/h4-9,11-13H,2-3,10H2,1H3,(H,21,23). The molecule has 3 aromatic rings. The molecule has 0 fully saturated rings. The van der Waals surface area contributed by atoms with Gasteiger partial charge in [-0.15, -0.1) is 11.3 Å². The second-order valence-corrected chi connectivity index (χ2v) is 6.33. The Bertz CT molecular complexity index is 833. The first kappa shape index (κ1) is 17.1. The van der Waals surface area contributed by atoms with E-state index in [2.05, 4.69) is 22.2 Å². The first-order valence-corrected chi connectivity index (χ1v) is 9.04. The van der Waals surface area contributed by atoms with Crippen LogP contribution < -0.4 is 5.32 Å². The topological polar surface area (TPSA) is 64.1 Å². The van der Waals surface area contributed by atoms with Gasteiger partial charge in [0.25, 0.3) is 0 Å². The van der Waals surface area contributed by atoms with Crippen molar-refractivity contribution in [2.75, 3.05) is 11.9 Å². The minimum atomic E-state index is -0.431. The van der Waals surface area contributed by atoms with Gasteiger partial charge in [-0.1, -0.05) is 25.5 Å². The number of hydrogen-bond donors (Lipinski definition) is 1. The Balaban J connectivity index is 1.71. The van der Waals surface area contributed by atoms with E-state index >= 15 is 0 Å². The van der Waals surface area contributed by atoms with E-state index in [1.54, 1.807) is 23.7 Å². The molecule has 3 rings (SSSR count). The van der Waals surface area contributed by atoms with Crippen LogP contribution in [-0.4, -0.2) is 22.7 Å². The van der Waals surface area contributed by atoms with E-state index in [9.17, 15) is 4.79 Å². The molecule has 0 radical (unpaired) electrons. The molecule has 128 valence electrons. The zero-order valence-corrected chi connectivity index (χ0v) is 14.8. The van der Waals surface area contributed by atoms with Gasteiger partial charge in [0.15, 0.2) is 0 Å². The molecule has 0 aliphatic heterocycles. The second kappa shape index (κ2) is 8.39. The fraction of sp³-hybridized carbons (Fsp3) is 0.211. The maximum atomic E-state index is 11.8. The number of benzene rings is 1. The fourth-order valence-corrected chi connectivity index (χ4v) is 3.07. The van der Waals surface area contributed by atoms with Gasteiger partial charge in [-0.2, -0.15) is 0 Å². The number of hydrogen-bond acceptors (Lipinski definition) is 5. The molecule has 0 atom stereocenters. The number of thiazole rings is 1. The molecule has 0 aliphatic rings. The SMILES string of the molecule is CCCCOC(=O)Nc1cccc(-c2csc(-c3cccnc3)n2)c1. The molecule has 1 N–H and O–H groups in total. The number of carbonyl (C=O) groups is 1. The van der Waals surface area contributed by atoms with Gasteiger partial charge in [0.1, 0.15) is 5.01 Å². The number of ether oxygens (including phenoxy) is 1. The number of amides is 1. The number of anilines is 1. The average Bonchev–Trinajstić information content (AvgIpc) is 3.13. The van der Waals surface area contributed by atoms with Gasteiger partial charge in [0, 0.05) is 34.6 Å². The maximum absolute atomic E-state index is 11.8. The van der Waals surface area contributed by atoms with E-state index in [4.69, 9.17) is 4.74 Å². The molecule has 6 heteroatoms. The lowest BCUT2D eigenvalue weighted by atomic mass is 10.1. The highest BCUT2D eigenvalue weighted by Crippen LogP contribution is 2.29. The van der Waals surface area contributed by atoms with E-state index < -0.39 is 6.09 Å². The van der Waals surface area contributed by atoms with Crippen molar-refractivity contribution in [1.29, 1.82) is 0 Å². The summed E-state index contributed by atoms with van der Waals surface area (Å²) in [7, 11) is 0. The predicted molar refractivity (Wildman–Crippen MR) is 101 cm³/mol. The zero-order chi connectivity index (χ0) is 17.5. The molecule has 0 saturated carbocycles. The van der Waals surface area contributed by atoms with Gasteiger partial charge >= 0.3 is 6.09 Å². The molecule has 0 spiro atoms. The fourth-order valence-electron chi connectivity index (χ4n) is 2.25. The lowest BCUT2D eigenvalue weighted by Gasteiger charge is -2.07. The predicted octanol–water partition coefficient (Wildman–Crippen LogP) is 5.22. The highest BCUT2D eigenvalue weighted by molar-refractivity contribution is 7.13. The van der Waals surface area contributed by atoms with Crippen molar-refractivity contribution >= 4 is 23.1 Å². The van der Waals surface area contributed by atoms with Gasteiger partial charge in [0.05, 0.1) is 12.3 Å². The molecule has 2 heterocycles. The van der Waals surface area contributed by atoms with Crippen LogP contribution in [0.5, 0.6) is 0 Å². The molecule has 2 aromatic heterocycles. The number of rotatable bonds is 6. The molecule has 0 aliphatic carbocycles. The van der Waals surface area contributed by atoms with Gasteiger partial charge in [-0.25, -0.2) is 9.78 Å². The van der Waals surface area contributed by atoms with E-state index in [1.165, 1.54) is 0 Å². The van der Waals surface area contributed by atoms with Gasteiger partial charge < -0.3 is 4.74 Å². The first-order chi connectivity index (χ1) is 12.3. The summed E-state index contributed by atoms with van der Waals surface area (Å²) in [6, 6.07) is 11.5. The van der Waals surface area contributed by atoms with Crippen LogP contribution in [0.3, 0.4) is 0 Å². The maximum Gasteiger partial charge on any atom is 0.411 e. The average molecular weight is 353 g/mol. The Morgan fingerprint density at radius 3 is 2.92 bits per heavy atom. The highest BCUT2D eigenvalue weighted by Gasteiger charge is 2.09. The van der Waals surface area contributed by atoms with E-state index in [0.29, 0.717) is 12.3 Å². The molecule has 0 bridgehead atoms. The van der Waals surface area contributed by atoms with Crippen LogP contribution in [-0.2, 0) is 4.74 Å². The summed E-state index contributed by atoms with van der Waals surface area (Å²) >= 11 is 1.57. The third-order valence-corrected chi connectivity index (χ3v) is 4.44. The smallest absolute Gasteiger partial charge is 0.411 e. The van der Waals surface area contributed by atoms with Crippen molar-refractivity contribution in [1.82, 2.24) is 9.97 Å². The quantitative estimate of drug-likeness (QED) is 0.617. The Labute approximate surface area is 150 Å². The number of nitrogens with one attached hydrogen (secondary N) is 1. The van der Waals surface area contributed by atoms with Gasteiger partial charge in [0.2, 0.25) is 0 Å². The molecule has 1 amide bonds. The Hall–Kier alpha value is -2.73. The lowest BCUT2D eigenvalue weighted by Crippen LogP contribution is -2.14. The van der Waals surface area contributed by atoms with Gasteiger partial charge in [-0.05, 0) is 30.7 Å². The van der Waals surface area contributed by atoms with Crippen molar-refractivity contribution in [3.8, 4) is 21.8 Å². The molecule has 5 nitrogen and oxygen atoms in total. The summed E-state index contributed by atoms with van der Waals surface area (Å²) in [6.45, 7) is 2.49. The third-order valence-electron chi connectivity index (χ3n) is 3.55. The normalized spacial score (nSPS) is 10.4. The number of carbonyl (C=O) groups excluding carboxylic acids is 1. The molecule has 1 aromatic carbocycles. The molecule has 25 heavy (non-hydrogen) atoms. The molecular formula is C19H19N3O2S. The molecular weight excluding hydrogens is 334 g/mol. The second-order valence-electron chi connectivity index (χ2n) is 5.47. The van der Waals surface area contributed by atoms with Crippen LogP contribution >= 0.6 is 11.3 Å². The molecule has 0 saturated heterocycles. The Kier molecular flexibility index (Phi) is 5.74. The van der Waals surface area contributed by atoms with Crippen LogP contribution in [0.2, 0.25) is 0 Å². The number of aromatic nitrogens is 2. The summed E-state index contributed by atoms with van der Waals surface area (Å²) in [5.74, 6) is 0. The van der Waals surface area contributed by atoms with Crippen LogP contribution in [0.15, 0.2) is 54.2 Å². The van der Waals surface area contributed by atoms with Crippen LogP contribution in [0, 0.1) is 0 Å². The summed E-state index contributed by atoms with van der Waals surface area (Å²) < 4.78 is 5.12. The minimum Gasteiger partial charge on any atom is -0.449 e. The first-order valence-electron chi connectivity index (χ1n) is 8.16. The van der Waals surface area contributed by atoms with Crippen molar-refractivity contribution in [2.24, 2.45) is 0 Å². The van der Waals surface area contributed by atoms with Crippen molar-refractivity contribution in [2.45, 2.75) is 19.8 Å². The highest BCUT2D eigenvalue weighted by atomic mass is 32.1. The zero-order valence-electron chi connectivity index (χ0n) is 13.9.